The number of rotatable bonds is 8. The Morgan fingerprint density at radius 1 is 1.38 bits per heavy atom. The quantitative estimate of drug-likeness (QED) is 0.684. The van der Waals surface area contributed by atoms with E-state index in [-0.39, 0.29) is 30.1 Å². The van der Waals surface area contributed by atoms with E-state index in [1.54, 1.807) is 0 Å². The third-order valence-corrected chi connectivity index (χ3v) is 4.57. The monoisotopic (exact) mass is 376 g/mol. The molecule has 1 fully saturated rings. The Hall–Kier alpha value is -2.56. The fraction of sp³-hybridized carbons (Fsp3) is 0.389. The molecular formula is C18H17ClN2O5. The van der Waals surface area contributed by atoms with E-state index < -0.39 is 11.4 Å². The predicted molar refractivity (Wildman–Crippen MR) is 95.1 cm³/mol. The van der Waals surface area contributed by atoms with Gasteiger partial charge < -0.3 is 19.6 Å². The first kappa shape index (κ1) is 18.2. The fourth-order valence-electron chi connectivity index (χ4n) is 2.79. The number of halogens is 1. The molecule has 1 heterocycles. The van der Waals surface area contributed by atoms with Crippen LogP contribution in [-0.4, -0.2) is 35.9 Å². The average Bonchev–Trinajstić information content (AvgIpc) is 3.43. The molecule has 8 heteroatoms. The van der Waals surface area contributed by atoms with Gasteiger partial charge in [-0.3, -0.25) is 4.79 Å². The van der Waals surface area contributed by atoms with Crippen LogP contribution < -0.4 is 10.2 Å². The molecule has 1 aliphatic carbocycles. The predicted octanol–water partition coefficient (Wildman–Crippen LogP) is 3.07. The topological polar surface area (TPSA) is 112 Å². The van der Waals surface area contributed by atoms with Gasteiger partial charge in [-0.2, -0.15) is 5.26 Å². The first-order valence-corrected chi connectivity index (χ1v) is 8.61. The maximum Gasteiger partial charge on any atom is 0.341 e. The van der Waals surface area contributed by atoms with Crippen molar-refractivity contribution in [2.45, 2.75) is 25.2 Å². The van der Waals surface area contributed by atoms with Gasteiger partial charge in [-0.25, -0.2) is 4.79 Å². The smallest absolute Gasteiger partial charge is 0.341 e. The summed E-state index contributed by atoms with van der Waals surface area (Å²) >= 11 is 6.49. The molecule has 0 saturated heterocycles. The van der Waals surface area contributed by atoms with E-state index in [0.29, 0.717) is 29.3 Å². The largest absolute Gasteiger partial charge is 0.490 e. The SMILES string of the molecule is N#CCCOCCOc1cc2c(=O)c(C(=O)O)c[nH]c2c(C2CC2)c1Cl. The molecule has 0 radical (unpaired) electrons. The van der Waals surface area contributed by atoms with Crippen LogP contribution in [0.3, 0.4) is 0 Å². The molecule has 1 aromatic carbocycles. The van der Waals surface area contributed by atoms with Gasteiger partial charge in [-0.15, -0.1) is 0 Å². The molecule has 3 rings (SSSR count). The second-order valence-corrected chi connectivity index (χ2v) is 6.38. The highest BCUT2D eigenvalue weighted by Crippen LogP contribution is 2.48. The number of ether oxygens (including phenoxy) is 2. The summed E-state index contributed by atoms with van der Waals surface area (Å²) < 4.78 is 10.9. The number of hydrogen-bond donors (Lipinski definition) is 2. The molecule has 26 heavy (non-hydrogen) atoms. The molecule has 1 aromatic heterocycles. The highest BCUT2D eigenvalue weighted by Gasteiger charge is 2.31. The van der Waals surface area contributed by atoms with Crippen LogP contribution in [0, 0.1) is 11.3 Å². The number of nitriles is 1. The number of carboxylic acids is 1. The Kier molecular flexibility index (Phi) is 5.45. The maximum absolute atomic E-state index is 12.5. The molecule has 0 bridgehead atoms. The van der Waals surface area contributed by atoms with E-state index in [9.17, 15) is 9.59 Å². The van der Waals surface area contributed by atoms with Gasteiger partial charge >= 0.3 is 5.97 Å². The zero-order valence-electron chi connectivity index (χ0n) is 13.9. The summed E-state index contributed by atoms with van der Waals surface area (Å²) in [6, 6.07) is 3.46. The molecule has 136 valence electrons. The highest BCUT2D eigenvalue weighted by atomic mass is 35.5. The van der Waals surface area contributed by atoms with E-state index in [2.05, 4.69) is 4.98 Å². The number of carbonyl (C=O) groups is 1. The zero-order chi connectivity index (χ0) is 18.7. The van der Waals surface area contributed by atoms with E-state index in [4.69, 9.17) is 31.4 Å². The van der Waals surface area contributed by atoms with Crippen molar-refractivity contribution in [3.05, 3.63) is 38.6 Å². The van der Waals surface area contributed by atoms with Gasteiger partial charge in [-0.05, 0) is 24.8 Å². The number of fused-ring (bicyclic) bond motifs is 1. The van der Waals surface area contributed by atoms with E-state index >= 15 is 0 Å². The molecule has 1 saturated carbocycles. The molecule has 2 N–H and O–H groups in total. The number of pyridine rings is 1. The Morgan fingerprint density at radius 3 is 2.81 bits per heavy atom. The van der Waals surface area contributed by atoms with Crippen molar-refractivity contribution in [2.24, 2.45) is 0 Å². The number of benzene rings is 1. The molecule has 1 aliphatic rings. The number of nitrogens with one attached hydrogen (secondary N) is 1. The van der Waals surface area contributed by atoms with Gasteiger partial charge in [0.05, 0.1) is 41.6 Å². The lowest BCUT2D eigenvalue weighted by Gasteiger charge is -2.14. The average molecular weight is 377 g/mol. The summed E-state index contributed by atoms with van der Waals surface area (Å²) in [5, 5.41) is 18.3. The third-order valence-electron chi connectivity index (χ3n) is 4.18. The van der Waals surface area contributed by atoms with Crippen LogP contribution in [-0.2, 0) is 4.74 Å². The van der Waals surface area contributed by atoms with Crippen LogP contribution in [0.4, 0.5) is 0 Å². The first-order chi connectivity index (χ1) is 12.5. The molecule has 2 aromatic rings. The second-order valence-electron chi connectivity index (χ2n) is 6.00. The third kappa shape index (κ3) is 3.66. The van der Waals surface area contributed by atoms with Crippen molar-refractivity contribution >= 4 is 28.5 Å². The van der Waals surface area contributed by atoms with Crippen LogP contribution in [0.25, 0.3) is 10.9 Å². The van der Waals surface area contributed by atoms with Crippen LogP contribution in [0.1, 0.15) is 41.1 Å². The number of hydrogen-bond acceptors (Lipinski definition) is 5. The van der Waals surface area contributed by atoms with Crippen molar-refractivity contribution < 1.29 is 19.4 Å². The number of nitrogens with zero attached hydrogens (tertiary/aromatic N) is 1. The van der Waals surface area contributed by atoms with Crippen LogP contribution >= 0.6 is 11.6 Å². The minimum atomic E-state index is -1.29. The highest BCUT2D eigenvalue weighted by molar-refractivity contribution is 6.34. The standard InChI is InChI=1S/C18H17ClN2O5/c19-15-13(26-7-6-25-5-1-4-20)8-11-16(14(15)10-2-3-10)21-9-12(17(11)22)18(23)24/h8-10H,1-3,5-7H2,(H,21,22)(H,23,24). The van der Waals surface area contributed by atoms with E-state index in [1.807, 2.05) is 6.07 Å². The molecular weight excluding hydrogens is 360 g/mol. The number of aromatic amines is 1. The summed E-state index contributed by atoms with van der Waals surface area (Å²) in [6.07, 6.45) is 3.42. The van der Waals surface area contributed by atoms with Crippen molar-refractivity contribution in [1.82, 2.24) is 4.98 Å². The fourth-order valence-corrected chi connectivity index (χ4v) is 3.15. The number of aromatic nitrogens is 1. The van der Waals surface area contributed by atoms with Crippen LogP contribution in [0.2, 0.25) is 5.02 Å². The second kappa shape index (κ2) is 7.77. The zero-order valence-corrected chi connectivity index (χ0v) is 14.6. The molecule has 7 nitrogen and oxygen atoms in total. The van der Waals surface area contributed by atoms with Gasteiger partial charge in [0.1, 0.15) is 17.9 Å². The van der Waals surface area contributed by atoms with E-state index in [1.165, 1.54) is 12.3 Å². The van der Waals surface area contributed by atoms with Crippen molar-refractivity contribution in [3.8, 4) is 11.8 Å². The van der Waals surface area contributed by atoms with E-state index in [0.717, 1.165) is 18.4 Å². The summed E-state index contributed by atoms with van der Waals surface area (Å²) in [5.41, 5.74) is 0.455. The summed E-state index contributed by atoms with van der Waals surface area (Å²) in [7, 11) is 0. The Balaban J connectivity index is 1.94. The van der Waals surface area contributed by atoms with Gasteiger partial charge in [0.15, 0.2) is 0 Å². The number of carboxylic acid groups (broad SMARTS) is 1. The number of aromatic carboxylic acids is 1. The summed E-state index contributed by atoms with van der Waals surface area (Å²) in [4.78, 5) is 26.7. The van der Waals surface area contributed by atoms with Gasteiger partial charge in [0.2, 0.25) is 5.43 Å². The van der Waals surface area contributed by atoms with Gasteiger partial charge in [0, 0.05) is 11.8 Å². The van der Waals surface area contributed by atoms with Crippen molar-refractivity contribution in [1.29, 1.82) is 5.26 Å². The lowest BCUT2D eigenvalue weighted by Crippen LogP contribution is -2.16. The normalized spacial score (nSPS) is 13.5. The van der Waals surface area contributed by atoms with Gasteiger partial charge in [-0.1, -0.05) is 11.6 Å². The molecule has 0 unspecified atom stereocenters. The summed E-state index contributed by atoms with van der Waals surface area (Å²) in [5.74, 6) is -0.728. The minimum absolute atomic E-state index is 0.206. The molecule has 0 aliphatic heterocycles. The molecule has 0 atom stereocenters. The molecule has 0 spiro atoms. The lowest BCUT2D eigenvalue weighted by molar-refractivity contribution is 0.0695. The van der Waals surface area contributed by atoms with Crippen LogP contribution in [0.5, 0.6) is 5.75 Å². The Labute approximate surface area is 154 Å². The van der Waals surface area contributed by atoms with Gasteiger partial charge in [0.25, 0.3) is 0 Å². The Bertz CT molecular complexity index is 943. The lowest BCUT2D eigenvalue weighted by atomic mass is 10.0. The Morgan fingerprint density at radius 2 is 2.15 bits per heavy atom. The molecule has 0 amide bonds. The minimum Gasteiger partial charge on any atom is -0.490 e. The van der Waals surface area contributed by atoms with Crippen molar-refractivity contribution in [3.63, 3.8) is 0 Å². The maximum atomic E-state index is 12.5. The number of H-pyrrole nitrogens is 1. The van der Waals surface area contributed by atoms with Crippen LogP contribution in [0.15, 0.2) is 17.1 Å². The van der Waals surface area contributed by atoms with Crippen molar-refractivity contribution in [2.75, 3.05) is 19.8 Å². The summed E-state index contributed by atoms with van der Waals surface area (Å²) in [6.45, 7) is 0.803. The first-order valence-electron chi connectivity index (χ1n) is 8.23.